The molecule has 136 valence electrons. The molecule has 0 fully saturated rings. The van der Waals surface area contributed by atoms with Gasteiger partial charge in [-0.2, -0.15) is 0 Å². The van der Waals surface area contributed by atoms with E-state index >= 15 is 0 Å². The van der Waals surface area contributed by atoms with Gasteiger partial charge in [-0.05, 0) is 24.6 Å². The van der Waals surface area contributed by atoms with E-state index in [1.807, 2.05) is 77.5 Å². The highest BCUT2D eigenvalue weighted by atomic mass is 79.9. The van der Waals surface area contributed by atoms with E-state index in [1.54, 1.807) is 11.3 Å². The van der Waals surface area contributed by atoms with Gasteiger partial charge < -0.3 is 5.32 Å². The van der Waals surface area contributed by atoms with E-state index < -0.39 is 0 Å². The fourth-order valence-electron chi connectivity index (χ4n) is 3.02. The van der Waals surface area contributed by atoms with Gasteiger partial charge in [-0.1, -0.05) is 58.4 Å². The predicted molar refractivity (Wildman–Crippen MR) is 113 cm³/mol. The van der Waals surface area contributed by atoms with Crippen molar-refractivity contribution >= 4 is 38.1 Å². The second-order valence-electron chi connectivity index (χ2n) is 6.39. The number of imidazole rings is 1. The topological polar surface area (TPSA) is 46.4 Å². The molecule has 1 N–H and O–H groups in total. The van der Waals surface area contributed by atoms with E-state index in [1.165, 1.54) is 0 Å². The highest BCUT2D eigenvalue weighted by Gasteiger charge is 2.15. The third-order valence-corrected chi connectivity index (χ3v) is 5.80. The summed E-state index contributed by atoms with van der Waals surface area (Å²) in [6, 6.07) is 18.0. The smallest absolute Gasteiger partial charge is 0.226 e. The van der Waals surface area contributed by atoms with Crippen molar-refractivity contribution in [3.05, 3.63) is 81.9 Å². The molecule has 6 heteroatoms. The Morgan fingerprint density at radius 3 is 2.81 bits per heavy atom. The molecule has 27 heavy (non-hydrogen) atoms. The third-order valence-electron chi connectivity index (χ3n) is 4.42. The van der Waals surface area contributed by atoms with Crippen LogP contribution < -0.4 is 5.32 Å². The maximum Gasteiger partial charge on any atom is 0.226 e. The molecule has 2 aromatic heterocycles. The molecule has 1 atom stereocenters. The highest BCUT2D eigenvalue weighted by Crippen LogP contribution is 2.24. The van der Waals surface area contributed by atoms with Crippen molar-refractivity contribution in [2.24, 2.45) is 0 Å². The van der Waals surface area contributed by atoms with Crippen LogP contribution in [-0.2, 0) is 11.2 Å². The summed E-state index contributed by atoms with van der Waals surface area (Å²) in [6.07, 6.45) is 2.32. The number of rotatable bonds is 5. The van der Waals surface area contributed by atoms with Gasteiger partial charge >= 0.3 is 0 Å². The zero-order valence-corrected chi connectivity index (χ0v) is 17.1. The highest BCUT2D eigenvalue weighted by molar-refractivity contribution is 9.10. The summed E-state index contributed by atoms with van der Waals surface area (Å²) >= 11 is 5.03. The first-order valence-electron chi connectivity index (χ1n) is 8.66. The van der Waals surface area contributed by atoms with E-state index in [9.17, 15) is 4.79 Å². The number of nitrogens with zero attached hydrogens (tertiary/aromatic N) is 2. The summed E-state index contributed by atoms with van der Waals surface area (Å²) in [4.78, 5) is 18.1. The minimum Gasteiger partial charge on any atom is -0.349 e. The van der Waals surface area contributed by atoms with Gasteiger partial charge in [-0.3, -0.25) is 9.20 Å². The molecule has 0 radical (unpaired) electrons. The first kappa shape index (κ1) is 17.9. The van der Waals surface area contributed by atoms with E-state index in [4.69, 9.17) is 0 Å². The quantitative estimate of drug-likeness (QED) is 0.461. The number of carbonyl (C=O) groups excluding carboxylic acids is 1. The van der Waals surface area contributed by atoms with Gasteiger partial charge in [0.05, 0.1) is 18.2 Å². The van der Waals surface area contributed by atoms with E-state index in [-0.39, 0.29) is 11.9 Å². The number of hydrogen-bond donors (Lipinski definition) is 1. The number of hydrogen-bond acceptors (Lipinski definition) is 3. The van der Waals surface area contributed by atoms with Crippen molar-refractivity contribution in [3.8, 4) is 11.3 Å². The lowest BCUT2D eigenvalue weighted by Crippen LogP contribution is -2.28. The van der Waals surface area contributed by atoms with Crippen LogP contribution in [0.1, 0.15) is 24.2 Å². The Kier molecular flexibility index (Phi) is 5.09. The van der Waals surface area contributed by atoms with Crippen molar-refractivity contribution in [1.29, 1.82) is 0 Å². The van der Waals surface area contributed by atoms with Crippen LogP contribution in [0.25, 0.3) is 16.2 Å². The number of halogens is 1. The predicted octanol–water partition coefficient (Wildman–Crippen LogP) is 5.25. The summed E-state index contributed by atoms with van der Waals surface area (Å²) in [6.45, 7) is 1.99. The first-order valence-corrected chi connectivity index (χ1v) is 10.3. The van der Waals surface area contributed by atoms with Crippen LogP contribution in [0.5, 0.6) is 0 Å². The molecule has 2 aromatic carbocycles. The number of fused-ring (bicyclic) bond motifs is 1. The molecule has 0 saturated heterocycles. The van der Waals surface area contributed by atoms with Gasteiger partial charge in [-0.15, -0.1) is 11.3 Å². The normalized spacial score (nSPS) is 12.2. The molecule has 0 spiro atoms. The minimum absolute atomic E-state index is 0.00265. The Bertz CT molecular complexity index is 1090. The van der Waals surface area contributed by atoms with Crippen LogP contribution in [0.3, 0.4) is 0 Å². The minimum atomic E-state index is -0.0493. The van der Waals surface area contributed by atoms with Crippen LogP contribution in [0.2, 0.25) is 0 Å². The standard InChI is InChI=1S/C21H18BrN3OS/c1-14(16-8-5-9-17(22)10-16)23-20(26)11-18-13-27-21-24-19(12-25(18)21)15-6-3-2-4-7-15/h2-10,12-14H,11H2,1H3,(H,23,26). The lowest BCUT2D eigenvalue weighted by Gasteiger charge is -2.14. The summed E-state index contributed by atoms with van der Waals surface area (Å²) in [7, 11) is 0. The molecule has 0 aliphatic carbocycles. The molecule has 4 aromatic rings. The average molecular weight is 440 g/mol. The van der Waals surface area contributed by atoms with E-state index in [0.717, 1.165) is 31.9 Å². The van der Waals surface area contributed by atoms with Gasteiger partial charge in [0, 0.05) is 27.3 Å². The van der Waals surface area contributed by atoms with Gasteiger partial charge in [0.25, 0.3) is 0 Å². The van der Waals surface area contributed by atoms with Crippen LogP contribution in [0.15, 0.2) is 70.6 Å². The van der Waals surface area contributed by atoms with Crippen molar-refractivity contribution in [3.63, 3.8) is 0 Å². The molecule has 1 unspecified atom stereocenters. The second kappa shape index (κ2) is 7.66. The lowest BCUT2D eigenvalue weighted by atomic mass is 10.1. The monoisotopic (exact) mass is 439 g/mol. The van der Waals surface area contributed by atoms with Gasteiger partial charge in [0.15, 0.2) is 4.96 Å². The van der Waals surface area contributed by atoms with Crippen molar-refractivity contribution in [2.75, 3.05) is 0 Å². The van der Waals surface area contributed by atoms with E-state index in [0.29, 0.717) is 6.42 Å². The number of amides is 1. The summed E-state index contributed by atoms with van der Waals surface area (Å²) in [5, 5.41) is 5.08. The molecule has 0 aliphatic heterocycles. The van der Waals surface area contributed by atoms with E-state index in [2.05, 4.69) is 26.2 Å². The van der Waals surface area contributed by atoms with Crippen LogP contribution in [0.4, 0.5) is 0 Å². The van der Waals surface area contributed by atoms with Crippen LogP contribution in [-0.4, -0.2) is 15.3 Å². The zero-order chi connectivity index (χ0) is 18.8. The molecule has 0 saturated carbocycles. The maximum atomic E-state index is 12.5. The molecule has 4 rings (SSSR count). The first-order chi connectivity index (χ1) is 13.1. The fraction of sp³-hybridized carbons (Fsp3) is 0.143. The lowest BCUT2D eigenvalue weighted by molar-refractivity contribution is -0.121. The van der Waals surface area contributed by atoms with Gasteiger partial charge in [0.2, 0.25) is 5.91 Å². The maximum absolute atomic E-state index is 12.5. The average Bonchev–Trinajstić information content (AvgIpc) is 3.24. The summed E-state index contributed by atoms with van der Waals surface area (Å²) in [5.74, 6) is -0.00265. The van der Waals surface area contributed by atoms with Crippen LogP contribution in [0, 0.1) is 0 Å². The molecule has 4 nitrogen and oxygen atoms in total. The number of benzene rings is 2. The molecule has 1 amide bonds. The molecular formula is C21H18BrN3OS. The number of carbonyl (C=O) groups is 1. The Morgan fingerprint density at radius 1 is 1.22 bits per heavy atom. The largest absolute Gasteiger partial charge is 0.349 e. The summed E-state index contributed by atoms with van der Waals surface area (Å²) in [5.41, 5.74) is 4.02. The van der Waals surface area contributed by atoms with Crippen LogP contribution >= 0.6 is 27.3 Å². The zero-order valence-electron chi connectivity index (χ0n) is 14.7. The molecule has 2 heterocycles. The third kappa shape index (κ3) is 3.96. The van der Waals surface area contributed by atoms with Crippen molar-refractivity contribution in [2.45, 2.75) is 19.4 Å². The Hall–Kier alpha value is -2.44. The van der Waals surface area contributed by atoms with Gasteiger partial charge in [-0.25, -0.2) is 4.98 Å². The van der Waals surface area contributed by atoms with Crippen molar-refractivity contribution in [1.82, 2.24) is 14.7 Å². The molecule has 0 aliphatic rings. The van der Waals surface area contributed by atoms with Crippen molar-refractivity contribution < 1.29 is 4.79 Å². The Labute approximate surface area is 170 Å². The molecule has 0 bridgehead atoms. The van der Waals surface area contributed by atoms with Gasteiger partial charge in [0.1, 0.15) is 0 Å². The summed E-state index contributed by atoms with van der Waals surface area (Å²) < 4.78 is 3.02. The second-order valence-corrected chi connectivity index (χ2v) is 8.14. The number of aromatic nitrogens is 2. The molecular weight excluding hydrogens is 422 g/mol. The number of thiazole rings is 1. The fourth-order valence-corrected chi connectivity index (χ4v) is 4.31. The number of nitrogens with one attached hydrogen (secondary N) is 1. The Balaban J connectivity index is 1.50. The SMILES string of the molecule is CC(NC(=O)Cc1csc2nc(-c3ccccc3)cn12)c1cccc(Br)c1. The Morgan fingerprint density at radius 2 is 2.04 bits per heavy atom.